The van der Waals surface area contributed by atoms with Crippen molar-refractivity contribution in [1.29, 1.82) is 0 Å². The summed E-state index contributed by atoms with van der Waals surface area (Å²) in [6.07, 6.45) is 1.76. The van der Waals surface area contributed by atoms with Gasteiger partial charge in [-0.3, -0.25) is 0 Å². The molecule has 0 amide bonds. The molecule has 3 heterocycles. The molecule has 0 saturated carbocycles. The summed E-state index contributed by atoms with van der Waals surface area (Å²) in [5, 5.41) is 5.11. The molecule has 1 N–H and O–H groups in total. The zero-order valence-electron chi connectivity index (χ0n) is 19.4. The molecule has 0 bridgehead atoms. The van der Waals surface area contributed by atoms with Gasteiger partial charge in [-0.1, -0.05) is 29.8 Å². The average Bonchev–Trinajstić information content (AvgIpc) is 3.16. The zero-order chi connectivity index (χ0) is 23.8. The van der Waals surface area contributed by atoms with Crippen molar-refractivity contribution in [3.8, 4) is 11.6 Å². The van der Waals surface area contributed by atoms with Gasteiger partial charge < -0.3 is 19.4 Å². The van der Waals surface area contributed by atoms with E-state index >= 15 is 0 Å². The Morgan fingerprint density at radius 3 is 2.63 bits per heavy atom. The number of aryl methyl sites for hydroxylation is 3. The predicted molar refractivity (Wildman–Crippen MR) is 140 cm³/mol. The Morgan fingerprint density at radius 2 is 1.83 bits per heavy atom. The number of hydrogen-bond acceptors (Lipinski definition) is 5. The van der Waals surface area contributed by atoms with E-state index in [1.54, 1.807) is 0 Å². The molecule has 0 radical (unpaired) electrons. The van der Waals surface area contributed by atoms with Crippen LogP contribution in [0.15, 0.2) is 72.8 Å². The molecular formula is C28H25ClN4O2. The molecule has 7 heteroatoms. The highest BCUT2D eigenvalue weighted by Gasteiger charge is 2.18. The summed E-state index contributed by atoms with van der Waals surface area (Å²) in [4.78, 5) is 9.42. The van der Waals surface area contributed by atoms with Crippen LogP contribution in [0, 0.1) is 0 Å². The number of pyridine rings is 1. The Morgan fingerprint density at radius 1 is 0.971 bits per heavy atom. The van der Waals surface area contributed by atoms with Gasteiger partial charge in [-0.2, -0.15) is 0 Å². The summed E-state index contributed by atoms with van der Waals surface area (Å²) in [7, 11) is 2.08. The largest absolute Gasteiger partial charge is 0.439 e. The Balaban J connectivity index is 1.11. The van der Waals surface area contributed by atoms with Crippen LogP contribution >= 0.6 is 11.6 Å². The highest BCUT2D eigenvalue weighted by Crippen LogP contribution is 2.27. The van der Waals surface area contributed by atoms with Crippen LogP contribution in [-0.2, 0) is 24.6 Å². The van der Waals surface area contributed by atoms with Gasteiger partial charge in [0.25, 0.3) is 0 Å². The predicted octanol–water partition coefficient (Wildman–Crippen LogP) is 6.16. The topological polar surface area (TPSA) is 61.2 Å². The Kier molecular flexibility index (Phi) is 5.76. The first-order valence-corrected chi connectivity index (χ1v) is 12.1. The lowest BCUT2D eigenvalue weighted by Crippen LogP contribution is -2.40. The van der Waals surface area contributed by atoms with Gasteiger partial charge in [0.15, 0.2) is 0 Å². The third-order valence-electron chi connectivity index (χ3n) is 6.42. The first-order chi connectivity index (χ1) is 17.1. The summed E-state index contributed by atoms with van der Waals surface area (Å²) in [5.41, 5.74) is 5.31. The van der Waals surface area contributed by atoms with Crippen molar-refractivity contribution < 1.29 is 9.47 Å². The fourth-order valence-corrected chi connectivity index (χ4v) is 4.60. The number of nitrogens with zero attached hydrogens (tertiary/aromatic N) is 3. The van der Waals surface area contributed by atoms with E-state index in [4.69, 9.17) is 26.1 Å². The molecule has 6 nitrogen and oxygen atoms in total. The summed E-state index contributed by atoms with van der Waals surface area (Å²) < 4.78 is 13.4. The molecule has 0 unspecified atom stereocenters. The molecule has 1 aliphatic rings. The minimum Gasteiger partial charge on any atom is -0.439 e. The van der Waals surface area contributed by atoms with Crippen LogP contribution in [0.5, 0.6) is 11.6 Å². The molecule has 0 atom stereocenters. The van der Waals surface area contributed by atoms with E-state index in [0.717, 1.165) is 65.3 Å². The molecule has 176 valence electrons. The summed E-state index contributed by atoms with van der Waals surface area (Å²) in [6, 6.07) is 24.4. The van der Waals surface area contributed by atoms with Crippen molar-refractivity contribution in [3.05, 3.63) is 89.2 Å². The fourth-order valence-electron chi connectivity index (χ4n) is 4.36. The maximum atomic E-state index is 6.23. The van der Waals surface area contributed by atoms with Crippen molar-refractivity contribution in [2.24, 2.45) is 7.05 Å². The lowest BCUT2D eigenvalue weighted by Gasteiger charge is -2.27. The number of ether oxygens (including phenoxy) is 2. The summed E-state index contributed by atoms with van der Waals surface area (Å²) in [5.74, 6) is 2.37. The van der Waals surface area contributed by atoms with Gasteiger partial charge in [-0.05, 0) is 60.5 Å². The second-order valence-corrected chi connectivity index (χ2v) is 9.28. The number of rotatable bonds is 7. The Hall–Kier alpha value is -3.61. The van der Waals surface area contributed by atoms with Crippen LogP contribution in [0.2, 0.25) is 5.02 Å². The van der Waals surface area contributed by atoms with E-state index in [1.165, 1.54) is 5.56 Å². The zero-order valence-corrected chi connectivity index (χ0v) is 20.1. The minimum atomic E-state index is 0.405. The van der Waals surface area contributed by atoms with Gasteiger partial charge in [0.05, 0.1) is 35.8 Å². The van der Waals surface area contributed by atoms with E-state index in [-0.39, 0.29) is 0 Å². The smallest absolute Gasteiger partial charge is 0.219 e. The lowest BCUT2D eigenvalue weighted by molar-refractivity contribution is 0.0211. The molecular weight excluding hydrogens is 460 g/mol. The van der Waals surface area contributed by atoms with Crippen molar-refractivity contribution in [2.75, 3.05) is 18.5 Å². The van der Waals surface area contributed by atoms with E-state index in [2.05, 4.69) is 52.2 Å². The molecule has 1 aliphatic heterocycles. The maximum Gasteiger partial charge on any atom is 0.219 e. The molecule has 1 fully saturated rings. The van der Waals surface area contributed by atoms with Gasteiger partial charge >= 0.3 is 0 Å². The van der Waals surface area contributed by atoms with Crippen LogP contribution in [0.4, 0.5) is 5.69 Å². The highest BCUT2D eigenvalue weighted by molar-refractivity contribution is 6.35. The first-order valence-electron chi connectivity index (χ1n) is 11.7. The number of halogens is 1. The second-order valence-electron chi connectivity index (χ2n) is 8.87. The van der Waals surface area contributed by atoms with Gasteiger partial charge in [0, 0.05) is 35.6 Å². The lowest BCUT2D eigenvalue weighted by atomic mass is 10.1. The van der Waals surface area contributed by atoms with Crippen LogP contribution in [0.25, 0.3) is 21.9 Å². The highest BCUT2D eigenvalue weighted by atomic mass is 35.5. The van der Waals surface area contributed by atoms with Crippen LogP contribution < -0.4 is 10.1 Å². The number of benzene rings is 3. The third kappa shape index (κ3) is 4.55. The van der Waals surface area contributed by atoms with Crippen molar-refractivity contribution >= 4 is 39.2 Å². The quantitative estimate of drug-likeness (QED) is 0.299. The van der Waals surface area contributed by atoms with Crippen molar-refractivity contribution in [3.63, 3.8) is 0 Å². The molecule has 3 aromatic carbocycles. The maximum absolute atomic E-state index is 6.23. The molecule has 0 spiro atoms. The SMILES string of the molecule is Cn1c(CCc2ccc(Oc3ccc4c(Cl)cccc4n3)cc2)nc2ccc(NC3COC3)cc21. The monoisotopic (exact) mass is 484 g/mol. The number of aromatic nitrogens is 3. The molecule has 35 heavy (non-hydrogen) atoms. The van der Waals surface area contributed by atoms with E-state index in [0.29, 0.717) is 16.9 Å². The van der Waals surface area contributed by atoms with Crippen LogP contribution in [0.3, 0.4) is 0 Å². The number of fused-ring (bicyclic) bond motifs is 2. The Labute approximate surface area is 208 Å². The number of anilines is 1. The third-order valence-corrected chi connectivity index (χ3v) is 6.75. The first kappa shape index (κ1) is 21.9. The normalized spacial score (nSPS) is 13.8. The molecule has 0 aliphatic carbocycles. The summed E-state index contributed by atoms with van der Waals surface area (Å²) >= 11 is 6.23. The average molecular weight is 485 g/mol. The minimum absolute atomic E-state index is 0.405. The molecule has 5 aromatic rings. The summed E-state index contributed by atoms with van der Waals surface area (Å²) in [6.45, 7) is 1.54. The number of nitrogens with one attached hydrogen (secondary N) is 1. The van der Waals surface area contributed by atoms with Crippen molar-refractivity contribution in [2.45, 2.75) is 18.9 Å². The molecule has 1 saturated heterocycles. The van der Waals surface area contributed by atoms with Gasteiger partial charge in [0.2, 0.25) is 5.88 Å². The van der Waals surface area contributed by atoms with Gasteiger partial charge in [0.1, 0.15) is 11.6 Å². The van der Waals surface area contributed by atoms with E-state index < -0.39 is 0 Å². The number of imidazole rings is 1. The van der Waals surface area contributed by atoms with Gasteiger partial charge in [-0.25, -0.2) is 9.97 Å². The van der Waals surface area contributed by atoms with E-state index in [9.17, 15) is 0 Å². The fraction of sp³-hybridized carbons (Fsp3) is 0.214. The molecule has 2 aromatic heterocycles. The van der Waals surface area contributed by atoms with Crippen LogP contribution in [0.1, 0.15) is 11.4 Å². The standard InChI is InChI=1S/C28H25ClN4O2/c1-33-26-15-19(30-20-16-34-17-20)8-12-25(26)31-27(33)13-7-18-5-9-21(10-6-18)35-28-14-11-22-23(29)3-2-4-24(22)32-28/h2-6,8-12,14-15,20,30H,7,13,16-17H2,1H3. The molecule has 6 rings (SSSR count). The second kappa shape index (κ2) is 9.21. The van der Waals surface area contributed by atoms with Crippen molar-refractivity contribution in [1.82, 2.24) is 14.5 Å². The van der Waals surface area contributed by atoms with Crippen LogP contribution in [-0.4, -0.2) is 33.8 Å². The Bertz CT molecular complexity index is 1510. The van der Waals surface area contributed by atoms with E-state index in [1.807, 2.05) is 42.5 Å². The van der Waals surface area contributed by atoms with Gasteiger partial charge in [-0.15, -0.1) is 0 Å². The number of hydrogen-bond donors (Lipinski definition) is 1.